The third-order valence-corrected chi connectivity index (χ3v) is 3.66. The first-order valence-electron chi connectivity index (χ1n) is 6.70. The number of carbonyl (C=O) groups excluding carboxylic acids is 1. The number of hydrogen-bond acceptors (Lipinski definition) is 2. The largest absolute Gasteiger partial charge is 0.339 e. The Bertz CT molecular complexity index is 411. The van der Waals surface area contributed by atoms with Gasteiger partial charge in [0, 0.05) is 19.2 Å². The Hall–Kier alpha value is -1.22. The molecular weight excluding hydrogens is 254 g/mol. The van der Waals surface area contributed by atoms with Gasteiger partial charge >= 0.3 is 0 Å². The Morgan fingerprint density at radius 3 is 2.58 bits per heavy atom. The molecule has 0 unspecified atom stereocenters. The second-order valence-electron chi connectivity index (χ2n) is 4.51. The van der Waals surface area contributed by atoms with Crippen LogP contribution in [0.15, 0.2) is 30.3 Å². The van der Waals surface area contributed by atoms with E-state index in [1.807, 2.05) is 41.8 Å². The van der Waals surface area contributed by atoms with Crippen LogP contribution < -0.4 is 0 Å². The van der Waals surface area contributed by atoms with Gasteiger partial charge in [-0.3, -0.25) is 4.79 Å². The molecule has 2 nitrogen and oxygen atoms in total. The molecule has 1 aromatic rings. The molecule has 0 aliphatic carbocycles. The lowest BCUT2D eigenvalue weighted by molar-refractivity contribution is -0.125. The summed E-state index contributed by atoms with van der Waals surface area (Å²) in [5, 5.41) is 0. The molecule has 104 valence electrons. The summed E-state index contributed by atoms with van der Waals surface area (Å²) in [7, 11) is 0. The van der Waals surface area contributed by atoms with E-state index >= 15 is 0 Å². The van der Waals surface area contributed by atoms with Crippen LogP contribution in [0.4, 0.5) is 0 Å². The Balaban J connectivity index is 2.53. The Kier molecular flexibility index (Phi) is 7.34. The van der Waals surface area contributed by atoms with Gasteiger partial charge in [0.05, 0.1) is 0 Å². The maximum absolute atomic E-state index is 12.0. The molecule has 0 atom stereocenters. The average molecular weight is 277 g/mol. The zero-order valence-electron chi connectivity index (χ0n) is 12.1. The third-order valence-electron chi connectivity index (χ3n) is 2.97. The van der Waals surface area contributed by atoms with E-state index in [2.05, 4.69) is 25.3 Å². The number of amides is 1. The lowest BCUT2D eigenvalue weighted by atomic mass is 10.1. The molecule has 0 fully saturated rings. The molecule has 0 radical (unpaired) electrons. The van der Waals surface area contributed by atoms with Gasteiger partial charge in [0.15, 0.2) is 0 Å². The van der Waals surface area contributed by atoms with E-state index in [9.17, 15) is 4.79 Å². The van der Waals surface area contributed by atoms with Crippen LogP contribution in [0, 0.1) is 6.92 Å². The van der Waals surface area contributed by atoms with E-state index in [0.29, 0.717) is 0 Å². The van der Waals surface area contributed by atoms with E-state index in [1.54, 1.807) is 6.08 Å². The summed E-state index contributed by atoms with van der Waals surface area (Å²) in [6.45, 7) is 5.69. The maximum atomic E-state index is 12.0. The quantitative estimate of drug-likeness (QED) is 0.560. The van der Waals surface area contributed by atoms with Gasteiger partial charge in [0.2, 0.25) is 5.91 Å². The van der Waals surface area contributed by atoms with Crippen molar-refractivity contribution in [3.05, 3.63) is 41.5 Å². The lowest BCUT2D eigenvalue weighted by Gasteiger charge is -2.18. The standard InChI is InChI=1S/C16H23NOS/c1-4-17(12-5-13-19-3)16(18)11-10-15-8-6-14(2)7-9-15/h6-11H,4-5,12-13H2,1-3H3. The number of hydrogen-bond donors (Lipinski definition) is 0. The molecular formula is C16H23NOS. The molecule has 19 heavy (non-hydrogen) atoms. The predicted octanol–water partition coefficient (Wildman–Crippen LogP) is 3.61. The van der Waals surface area contributed by atoms with Gasteiger partial charge in [-0.1, -0.05) is 29.8 Å². The number of nitrogens with zero attached hydrogens (tertiary/aromatic N) is 1. The van der Waals surface area contributed by atoms with Gasteiger partial charge in [-0.05, 0) is 43.9 Å². The fraction of sp³-hybridized carbons (Fsp3) is 0.438. The highest BCUT2D eigenvalue weighted by Crippen LogP contribution is 2.06. The van der Waals surface area contributed by atoms with Crippen molar-refractivity contribution in [2.24, 2.45) is 0 Å². The summed E-state index contributed by atoms with van der Waals surface area (Å²) in [6.07, 6.45) is 6.71. The molecule has 3 heteroatoms. The van der Waals surface area contributed by atoms with Crippen molar-refractivity contribution in [3.8, 4) is 0 Å². The van der Waals surface area contributed by atoms with Crippen molar-refractivity contribution in [2.45, 2.75) is 20.3 Å². The van der Waals surface area contributed by atoms with Gasteiger partial charge in [0.1, 0.15) is 0 Å². The van der Waals surface area contributed by atoms with Crippen molar-refractivity contribution in [1.82, 2.24) is 4.90 Å². The Morgan fingerprint density at radius 1 is 1.32 bits per heavy atom. The Morgan fingerprint density at radius 2 is 2.00 bits per heavy atom. The van der Waals surface area contributed by atoms with Crippen LogP contribution in [-0.4, -0.2) is 35.9 Å². The van der Waals surface area contributed by atoms with Crippen LogP contribution in [0.3, 0.4) is 0 Å². The molecule has 0 saturated heterocycles. The molecule has 0 aliphatic rings. The van der Waals surface area contributed by atoms with E-state index in [-0.39, 0.29) is 5.91 Å². The topological polar surface area (TPSA) is 20.3 Å². The van der Waals surface area contributed by atoms with Crippen LogP contribution >= 0.6 is 11.8 Å². The van der Waals surface area contributed by atoms with Crippen LogP contribution in [0.25, 0.3) is 6.08 Å². The molecule has 1 rings (SSSR count). The van der Waals surface area contributed by atoms with Crippen molar-refractivity contribution in [1.29, 1.82) is 0 Å². The number of aryl methyl sites for hydroxylation is 1. The van der Waals surface area contributed by atoms with Gasteiger partial charge < -0.3 is 4.90 Å². The molecule has 0 aromatic heterocycles. The zero-order valence-corrected chi connectivity index (χ0v) is 12.9. The summed E-state index contributed by atoms with van der Waals surface area (Å²) in [4.78, 5) is 13.9. The lowest BCUT2D eigenvalue weighted by Crippen LogP contribution is -2.30. The SMILES string of the molecule is CCN(CCCSC)C(=O)C=Cc1ccc(C)cc1. The highest BCUT2D eigenvalue weighted by Gasteiger charge is 2.07. The smallest absolute Gasteiger partial charge is 0.246 e. The van der Waals surface area contributed by atoms with E-state index in [4.69, 9.17) is 0 Å². The molecule has 0 N–H and O–H groups in total. The number of benzene rings is 1. The normalized spacial score (nSPS) is 10.9. The van der Waals surface area contributed by atoms with Crippen molar-refractivity contribution in [2.75, 3.05) is 25.1 Å². The molecule has 0 aliphatic heterocycles. The Labute approximate surface area is 120 Å². The molecule has 0 spiro atoms. The molecule has 1 amide bonds. The predicted molar refractivity (Wildman–Crippen MR) is 85.5 cm³/mol. The number of carbonyl (C=O) groups is 1. The van der Waals surface area contributed by atoms with Gasteiger partial charge in [-0.25, -0.2) is 0 Å². The minimum atomic E-state index is 0.101. The molecule has 0 saturated carbocycles. The highest BCUT2D eigenvalue weighted by molar-refractivity contribution is 7.98. The summed E-state index contributed by atoms with van der Waals surface area (Å²) in [6, 6.07) is 8.17. The third kappa shape index (κ3) is 5.97. The highest BCUT2D eigenvalue weighted by atomic mass is 32.2. The first-order chi connectivity index (χ1) is 9.17. The first kappa shape index (κ1) is 15.8. The summed E-state index contributed by atoms with van der Waals surface area (Å²) < 4.78 is 0. The van der Waals surface area contributed by atoms with Gasteiger partial charge in [-0.15, -0.1) is 0 Å². The van der Waals surface area contributed by atoms with Crippen LogP contribution in [0.2, 0.25) is 0 Å². The number of rotatable bonds is 7. The average Bonchev–Trinajstić information content (AvgIpc) is 2.43. The van der Waals surface area contributed by atoms with E-state index in [1.165, 1.54) is 5.56 Å². The molecule has 1 aromatic carbocycles. The molecule has 0 bridgehead atoms. The fourth-order valence-electron chi connectivity index (χ4n) is 1.77. The minimum Gasteiger partial charge on any atom is -0.339 e. The fourth-order valence-corrected chi connectivity index (χ4v) is 2.19. The number of thioether (sulfide) groups is 1. The van der Waals surface area contributed by atoms with Crippen LogP contribution in [0.5, 0.6) is 0 Å². The van der Waals surface area contributed by atoms with Crippen molar-refractivity contribution >= 4 is 23.7 Å². The second-order valence-corrected chi connectivity index (χ2v) is 5.49. The second kappa shape index (κ2) is 8.81. The van der Waals surface area contributed by atoms with Crippen molar-refractivity contribution < 1.29 is 4.79 Å². The monoisotopic (exact) mass is 277 g/mol. The summed E-state index contributed by atoms with van der Waals surface area (Å²) in [5.41, 5.74) is 2.30. The summed E-state index contributed by atoms with van der Waals surface area (Å²) in [5.74, 6) is 1.20. The summed E-state index contributed by atoms with van der Waals surface area (Å²) >= 11 is 1.82. The van der Waals surface area contributed by atoms with E-state index in [0.717, 1.165) is 30.8 Å². The first-order valence-corrected chi connectivity index (χ1v) is 8.09. The van der Waals surface area contributed by atoms with E-state index < -0.39 is 0 Å². The maximum Gasteiger partial charge on any atom is 0.246 e. The number of likely N-dealkylation sites (N-methyl/N-ethyl adjacent to an activating group) is 1. The van der Waals surface area contributed by atoms with Crippen LogP contribution in [-0.2, 0) is 4.79 Å². The van der Waals surface area contributed by atoms with Crippen LogP contribution in [0.1, 0.15) is 24.5 Å². The van der Waals surface area contributed by atoms with Gasteiger partial charge in [0.25, 0.3) is 0 Å². The molecule has 0 heterocycles. The zero-order chi connectivity index (χ0) is 14.1. The van der Waals surface area contributed by atoms with Crippen molar-refractivity contribution in [3.63, 3.8) is 0 Å². The minimum absolute atomic E-state index is 0.101. The van der Waals surface area contributed by atoms with Gasteiger partial charge in [-0.2, -0.15) is 11.8 Å².